The summed E-state index contributed by atoms with van der Waals surface area (Å²) in [5.41, 5.74) is 1.38. The second-order valence-corrected chi connectivity index (χ2v) is 8.78. The number of H-pyrrole nitrogens is 1. The van der Waals surface area contributed by atoms with Crippen molar-refractivity contribution in [3.05, 3.63) is 71.8 Å². The number of fused-ring (bicyclic) bond motifs is 1. The van der Waals surface area contributed by atoms with Gasteiger partial charge in [-0.25, -0.2) is 14.1 Å². The lowest BCUT2D eigenvalue weighted by molar-refractivity contribution is -0.128. The Morgan fingerprint density at radius 1 is 1.16 bits per heavy atom. The van der Waals surface area contributed by atoms with Gasteiger partial charge in [0.05, 0.1) is 35.5 Å². The standard InChI is InChI=1S/C26H25FN6O4/c1-16-15-31(10-11-32(16)25(35)17-6-4-3-5-7-17)26(36)23(34)19-13-28-22-21(19)20(37-2)14-29-24(22)33-9-8-18(12-27)30-33/h3-9,13-14,16,28H,10-12,15H2,1-2H3/t16-/m1/s1. The van der Waals surface area contributed by atoms with E-state index in [1.807, 2.05) is 13.0 Å². The summed E-state index contributed by atoms with van der Waals surface area (Å²) in [5.74, 6) is -0.841. The molecule has 10 nitrogen and oxygen atoms in total. The number of aromatic nitrogens is 4. The fourth-order valence-corrected chi connectivity index (χ4v) is 4.61. The van der Waals surface area contributed by atoms with Crippen LogP contribution in [0.25, 0.3) is 16.7 Å². The van der Waals surface area contributed by atoms with Crippen LogP contribution in [0.1, 0.15) is 33.3 Å². The summed E-state index contributed by atoms with van der Waals surface area (Å²) in [6, 6.07) is 10.2. The number of hydrogen-bond donors (Lipinski definition) is 1. The Morgan fingerprint density at radius 3 is 2.62 bits per heavy atom. The van der Waals surface area contributed by atoms with Crippen LogP contribution < -0.4 is 4.74 Å². The highest BCUT2D eigenvalue weighted by Crippen LogP contribution is 2.32. The summed E-state index contributed by atoms with van der Waals surface area (Å²) >= 11 is 0. The molecule has 0 unspecified atom stereocenters. The molecule has 4 aromatic rings. The van der Waals surface area contributed by atoms with Crippen LogP contribution in [0, 0.1) is 0 Å². The van der Waals surface area contributed by atoms with Crippen molar-refractivity contribution in [2.75, 3.05) is 26.7 Å². The number of carbonyl (C=O) groups is 3. The SMILES string of the molecule is COc1cnc(-n2ccc(CF)n2)c2[nH]cc(C(=O)C(=O)N3CCN(C(=O)c4ccccc4)[C@H](C)C3)c12. The third kappa shape index (κ3) is 4.32. The van der Waals surface area contributed by atoms with Gasteiger partial charge in [-0.3, -0.25) is 14.4 Å². The molecule has 3 aromatic heterocycles. The summed E-state index contributed by atoms with van der Waals surface area (Å²) in [6.07, 6.45) is 4.44. The number of benzene rings is 1. The molecule has 0 bridgehead atoms. The van der Waals surface area contributed by atoms with Crippen LogP contribution in [-0.4, -0.2) is 79.9 Å². The number of pyridine rings is 1. The first-order valence-electron chi connectivity index (χ1n) is 11.8. The number of alkyl halides is 1. The summed E-state index contributed by atoms with van der Waals surface area (Å²) < 4.78 is 19.8. The van der Waals surface area contributed by atoms with Gasteiger partial charge in [-0.1, -0.05) is 18.2 Å². The average Bonchev–Trinajstić information content (AvgIpc) is 3.60. The van der Waals surface area contributed by atoms with Gasteiger partial charge in [-0.05, 0) is 25.1 Å². The number of hydrogen-bond acceptors (Lipinski definition) is 6. The maximum absolute atomic E-state index is 13.4. The third-order valence-corrected chi connectivity index (χ3v) is 6.51. The Morgan fingerprint density at radius 2 is 1.95 bits per heavy atom. The normalized spacial score (nSPS) is 15.7. The molecule has 1 aliphatic rings. The Hall–Kier alpha value is -4.54. The van der Waals surface area contributed by atoms with Gasteiger partial charge < -0.3 is 19.5 Å². The lowest BCUT2D eigenvalue weighted by atomic mass is 10.1. The fraction of sp³-hybridized carbons (Fsp3) is 0.269. The van der Waals surface area contributed by atoms with Crippen LogP contribution in [0.2, 0.25) is 0 Å². The number of amides is 2. The Labute approximate surface area is 211 Å². The topological polar surface area (TPSA) is 113 Å². The first-order chi connectivity index (χ1) is 17.9. The number of ether oxygens (including phenoxy) is 1. The molecule has 1 saturated heterocycles. The van der Waals surface area contributed by atoms with Gasteiger partial charge in [0.15, 0.2) is 5.82 Å². The molecule has 1 fully saturated rings. The zero-order chi connectivity index (χ0) is 26.1. The zero-order valence-electron chi connectivity index (χ0n) is 20.3. The van der Waals surface area contributed by atoms with Crippen molar-refractivity contribution in [3.63, 3.8) is 0 Å². The van der Waals surface area contributed by atoms with Crippen molar-refractivity contribution in [2.45, 2.75) is 19.6 Å². The van der Waals surface area contributed by atoms with Crippen molar-refractivity contribution < 1.29 is 23.5 Å². The van der Waals surface area contributed by atoms with E-state index in [0.717, 1.165) is 0 Å². The average molecular weight is 505 g/mol. The highest BCUT2D eigenvalue weighted by Gasteiger charge is 2.34. The molecule has 1 N–H and O–H groups in total. The predicted octanol–water partition coefficient (Wildman–Crippen LogP) is 2.78. The van der Waals surface area contributed by atoms with Gasteiger partial charge >= 0.3 is 0 Å². The molecule has 5 rings (SSSR count). The highest BCUT2D eigenvalue weighted by atomic mass is 19.1. The number of carbonyl (C=O) groups excluding carboxylic acids is 3. The largest absolute Gasteiger partial charge is 0.494 e. The van der Waals surface area contributed by atoms with E-state index in [0.29, 0.717) is 34.6 Å². The monoisotopic (exact) mass is 504 g/mol. The second-order valence-electron chi connectivity index (χ2n) is 8.78. The molecule has 4 heterocycles. The number of halogens is 1. The van der Waals surface area contributed by atoms with E-state index in [1.54, 1.807) is 35.4 Å². The first-order valence-corrected chi connectivity index (χ1v) is 11.8. The quantitative estimate of drug-likeness (QED) is 0.319. The van der Waals surface area contributed by atoms with Gasteiger partial charge in [0.1, 0.15) is 12.4 Å². The molecule has 190 valence electrons. The van der Waals surface area contributed by atoms with Gasteiger partial charge in [-0.2, -0.15) is 5.10 Å². The molecule has 2 amide bonds. The lowest BCUT2D eigenvalue weighted by Crippen LogP contribution is -2.56. The maximum atomic E-state index is 13.4. The number of Topliss-reactive ketones (excluding diaryl/α,β-unsaturated/α-hetero) is 1. The van der Waals surface area contributed by atoms with Crippen molar-refractivity contribution in [2.24, 2.45) is 0 Å². The zero-order valence-corrected chi connectivity index (χ0v) is 20.3. The van der Waals surface area contributed by atoms with Crippen molar-refractivity contribution in [3.8, 4) is 11.6 Å². The Kier molecular flexibility index (Phi) is 6.43. The summed E-state index contributed by atoms with van der Waals surface area (Å²) in [6.45, 7) is 1.91. The van der Waals surface area contributed by atoms with Crippen LogP contribution in [-0.2, 0) is 11.5 Å². The van der Waals surface area contributed by atoms with Crippen LogP contribution in [0.4, 0.5) is 4.39 Å². The van der Waals surface area contributed by atoms with Crippen LogP contribution in [0.3, 0.4) is 0 Å². The minimum atomic E-state index is -0.724. The molecule has 0 spiro atoms. The fourth-order valence-electron chi connectivity index (χ4n) is 4.61. The molecule has 1 aromatic carbocycles. The number of rotatable bonds is 6. The van der Waals surface area contributed by atoms with E-state index >= 15 is 0 Å². The number of methoxy groups -OCH3 is 1. The van der Waals surface area contributed by atoms with Crippen molar-refractivity contribution in [1.82, 2.24) is 29.5 Å². The molecular weight excluding hydrogens is 479 g/mol. The Balaban J connectivity index is 1.39. The summed E-state index contributed by atoms with van der Waals surface area (Å²) in [5, 5.41) is 4.53. The van der Waals surface area contributed by atoms with Crippen LogP contribution in [0.15, 0.2) is 55.0 Å². The number of ketones is 1. The molecule has 0 saturated carbocycles. The summed E-state index contributed by atoms with van der Waals surface area (Å²) in [4.78, 5) is 50.1. The van der Waals surface area contributed by atoms with E-state index in [1.165, 1.54) is 35.2 Å². The van der Waals surface area contributed by atoms with E-state index in [-0.39, 0.29) is 36.3 Å². The van der Waals surface area contributed by atoms with Crippen LogP contribution in [0.5, 0.6) is 5.75 Å². The molecule has 1 atom stereocenters. The van der Waals surface area contributed by atoms with E-state index < -0.39 is 18.4 Å². The number of nitrogens with one attached hydrogen (secondary N) is 1. The molecule has 0 aliphatic carbocycles. The summed E-state index contributed by atoms with van der Waals surface area (Å²) in [7, 11) is 1.44. The van der Waals surface area contributed by atoms with Gasteiger partial charge in [0.25, 0.3) is 17.6 Å². The first kappa shape index (κ1) is 24.2. The molecular formula is C26H25FN6O4. The number of nitrogens with zero attached hydrogens (tertiary/aromatic N) is 5. The number of aromatic amines is 1. The Bertz CT molecular complexity index is 1480. The van der Waals surface area contributed by atoms with Gasteiger partial charge in [0.2, 0.25) is 0 Å². The van der Waals surface area contributed by atoms with Gasteiger partial charge in [0, 0.05) is 43.6 Å². The second kappa shape index (κ2) is 9.84. The van der Waals surface area contributed by atoms with E-state index in [2.05, 4.69) is 15.1 Å². The molecule has 11 heteroatoms. The minimum Gasteiger partial charge on any atom is -0.494 e. The van der Waals surface area contributed by atoms with Crippen molar-refractivity contribution in [1.29, 1.82) is 0 Å². The highest BCUT2D eigenvalue weighted by molar-refractivity contribution is 6.45. The predicted molar refractivity (Wildman–Crippen MR) is 132 cm³/mol. The molecule has 1 aliphatic heterocycles. The van der Waals surface area contributed by atoms with Crippen LogP contribution >= 0.6 is 0 Å². The third-order valence-electron chi connectivity index (χ3n) is 6.51. The smallest absolute Gasteiger partial charge is 0.295 e. The lowest BCUT2D eigenvalue weighted by Gasteiger charge is -2.39. The van der Waals surface area contributed by atoms with Gasteiger partial charge in [-0.15, -0.1) is 0 Å². The van der Waals surface area contributed by atoms with E-state index in [9.17, 15) is 18.8 Å². The maximum Gasteiger partial charge on any atom is 0.295 e. The van der Waals surface area contributed by atoms with Crippen molar-refractivity contribution >= 4 is 28.5 Å². The minimum absolute atomic E-state index is 0.109. The van der Waals surface area contributed by atoms with E-state index in [4.69, 9.17) is 4.74 Å². The molecule has 37 heavy (non-hydrogen) atoms. The number of piperazine rings is 1. The molecule has 0 radical (unpaired) electrons.